The summed E-state index contributed by atoms with van der Waals surface area (Å²) in [7, 11) is 0. The van der Waals surface area contributed by atoms with Crippen LogP contribution in [0.4, 0.5) is 5.69 Å². The number of benzene rings is 2. The predicted octanol–water partition coefficient (Wildman–Crippen LogP) is 4.25. The number of guanidine groups is 1. The van der Waals surface area contributed by atoms with Crippen molar-refractivity contribution in [1.82, 2.24) is 0 Å². The summed E-state index contributed by atoms with van der Waals surface area (Å²) < 4.78 is 0. The molecule has 0 heterocycles. The number of carbonyl (C=O) groups excluding carboxylic acids is 1. The second-order valence-corrected chi connectivity index (χ2v) is 9.44. The molecule has 4 heteroatoms. The van der Waals surface area contributed by atoms with Gasteiger partial charge in [-0.2, -0.15) is 0 Å². The van der Waals surface area contributed by atoms with E-state index in [0.717, 1.165) is 64.6 Å². The minimum absolute atomic E-state index is 0.0669. The Hall–Kier alpha value is -2.36. The number of anilines is 1. The van der Waals surface area contributed by atoms with Crippen molar-refractivity contribution >= 4 is 28.2 Å². The van der Waals surface area contributed by atoms with E-state index in [2.05, 4.69) is 23.1 Å². The molecule has 0 radical (unpaired) electrons. The van der Waals surface area contributed by atoms with E-state index in [1.165, 1.54) is 19.3 Å². The van der Waals surface area contributed by atoms with Crippen LogP contribution in [0, 0.1) is 23.2 Å². The van der Waals surface area contributed by atoms with Gasteiger partial charge in [-0.25, -0.2) is 0 Å². The summed E-state index contributed by atoms with van der Waals surface area (Å²) in [5, 5.41) is 10.7. The zero-order valence-corrected chi connectivity index (χ0v) is 15.5. The van der Waals surface area contributed by atoms with Crippen LogP contribution in [0.15, 0.2) is 30.3 Å². The largest absolute Gasteiger partial charge is 0.370 e. The Morgan fingerprint density at radius 3 is 2.33 bits per heavy atom. The molecule has 4 nitrogen and oxygen atoms in total. The first-order chi connectivity index (χ1) is 13.0. The Morgan fingerprint density at radius 1 is 1.04 bits per heavy atom. The molecule has 7 rings (SSSR count). The van der Waals surface area contributed by atoms with Gasteiger partial charge < -0.3 is 10.6 Å². The monoisotopic (exact) mass is 359 g/mol. The van der Waals surface area contributed by atoms with E-state index in [0.29, 0.717) is 6.42 Å². The molecule has 4 saturated carbocycles. The van der Waals surface area contributed by atoms with Gasteiger partial charge >= 0.3 is 0 Å². The van der Waals surface area contributed by atoms with Gasteiger partial charge in [0.05, 0.1) is 5.69 Å². The van der Waals surface area contributed by atoms with Crippen LogP contribution >= 0.6 is 0 Å². The number of nitrogens with two attached hydrogens (primary N) is 1. The molecule has 5 aliphatic rings. The third-order valence-corrected chi connectivity index (χ3v) is 7.70. The van der Waals surface area contributed by atoms with E-state index in [1.807, 2.05) is 12.1 Å². The molecule has 138 valence electrons. The summed E-state index contributed by atoms with van der Waals surface area (Å²) in [5.41, 5.74) is 8.95. The molecule has 5 aliphatic carbocycles. The van der Waals surface area contributed by atoms with Crippen LogP contribution in [0.1, 0.15) is 54.4 Å². The topological polar surface area (TPSA) is 70.2 Å². The molecule has 0 spiro atoms. The lowest BCUT2D eigenvalue weighted by Gasteiger charge is -2.60. The Balaban J connectivity index is 1.56. The highest BCUT2D eigenvalue weighted by molar-refractivity contribution is 6.21. The molecule has 0 aliphatic heterocycles. The van der Waals surface area contributed by atoms with Crippen molar-refractivity contribution in [2.24, 2.45) is 23.5 Å². The van der Waals surface area contributed by atoms with Crippen LogP contribution in [-0.4, -0.2) is 17.3 Å². The molecule has 0 amide bonds. The standard InChI is InChI=1S/C23H25N3O/c24-22(25)26(23-10-13-6-14(11-23)8-15(7-13)12-23)18-5-4-16-2-1-3-17-9-19(27)21(18)20(16)17/h1-5,13-15H,6-12H2,(H3,24,25). The number of ketones is 1. The highest BCUT2D eigenvalue weighted by Crippen LogP contribution is 2.59. The number of nitrogens with zero attached hydrogens (tertiary/aromatic N) is 1. The van der Waals surface area contributed by atoms with E-state index in [-0.39, 0.29) is 17.3 Å². The van der Waals surface area contributed by atoms with Gasteiger partial charge in [0.2, 0.25) is 0 Å². The molecule has 27 heavy (non-hydrogen) atoms. The number of hydrogen-bond acceptors (Lipinski definition) is 2. The maximum Gasteiger partial charge on any atom is 0.193 e. The van der Waals surface area contributed by atoms with E-state index >= 15 is 0 Å². The zero-order chi connectivity index (χ0) is 18.3. The summed E-state index contributed by atoms with van der Waals surface area (Å²) >= 11 is 0. The van der Waals surface area contributed by atoms with E-state index in [9.17, 15) is 4.79 Å². The highest BCUT2D eigenvalue weighted by atomic mass is 16.1. The second-order valence-electron chi connectivity index (χ2n) is 9.44. The number of nitrogens with one attached hydrogen (secondary N) is 1. The average Bonchev–Trinajstić information content (AvgIpc) is 2.93. The quantitative estimate of drug-likeness (QED) is 0.622. The molecule has 0 aromatic heterocycles. The number of carbonyl (C=O) groups is 1. The van der Waals surface area contributed by atoms with Crippen LogP contribution < -0.4 is 10.6 Å². The number of Topliss-reactive ketones (excluding diaryl/α,β-unsaturated/α-hetero) is 1. The fourth-order valence-corrected chi connectivity index (χ4v) is 7.30. The smallest absolute Gasteiger partial charge is 0.193 e. The van der Waals surface area contributed by atoms with Gasteiger partial charge in [0.25, 0.3) is 0 Å². The van der Waals surface area contributed by atoms with Crippen molar-refractivity contribution in [3.8, 4) is 0 Å². The van der Waals surface area contributed by atoms with Crippen LogP contribution in [0.25, 0.3) is 10.8 Å². The summed E-state index contributed by atoms with van der Waals surface area (Å²) in [6.45, 7) is 0. The van der Waals surface area contributed by atoms with E-state index in [1.54, 1.807) is 0 Å². The molecule has 0 saturated heterocycles. The molecule has 0 unspecified atom stereocenters. The van der Waals surface area contributed by atoms with Crippen molar-refractivity contribution in [1.29, 1.82) is 5.41 Å². The first-order valence-corrected chi connectivity index (χ1v) is 10.3. The van der Waals surface area contributed by atoms with Crippen LogP contribution in [0.2, 0.25) is 0 Å². The normalized spacial score (nSPS) is 33.0. The zero-order valence-electron chi connectivity index (χ0n) is 15.5. The molecule has 3 N–H and O–H groups in total. The van der Waals surface area contributed by atoms with Gasteiger partial charge in [-0.15, -0.1) is 0 Å². The fraction of sp³-hybridized carbons (Fsp3) is 0.478. The minimum atomic E-state index is -0.0669. The first-order valence-electron chi connectivity index (χ1n) is 10.3. The molecular weight excluding hydrogens is 334 g/mol. The number of rotatable bonds is 2. The van der Waals surface area contributed by atoms with Crippen molar-refractivity contribution < 1.29 is 4.79 Å². The minimum Gasteiger partial charge on any atom is -0.370 e. The van der Waals surface area contributed by atoms with Gasteiger partial charge in [-0.3, -0.25) is 10.2 Å². The molecule has 2 aromatic rings. The molecule has 4 bridgehead atoms. The van der Waals surface area contributed by atoms with Crippen molar-refractivity contribution in [2.45, 2.75) is 50.5 Å². The molecule has 4 fully saturated rings. The summed E-state index contributed by atoms with van der Waals surface area (Å²) in [6.07, 6.45) is 7.86. The lowest BCUT2D eigenvalue weighted by atomic mass is 9.52. The highest BCUT2D eigenvalue weighted by Gasteiger charge is 2.55. The average molecular weight is 359 g/mol. The third-order valence-electron chi connectivity index (χ3n) is 7.70. The van der Waals surface area contributed by atoms with E-state index in [4.69, 9.17) is 11.1 Å². The Kier molecular flexibility index (Phi) is 2.97. The third kappa shape index (κ3) is 2.04. The van der Waals surface area contributed by atoms with Crippen molar-refractivity contribution in [2.75, 3.05) is 4.90 Å². The molecular formula is C23H25N3O. The lowest BCUT2D eigenvalue weighted by molar-refractivity contribution is 0.00165. The maximum absolute atomic E-state index is 13.0. The molecule has 0 atom stereocenters. The van der Waals surface area contributed by atoms with Gasteiger partial charge in [-0.05, 0) is 78.7 Å². The summed E-state index contributed by atoms with van der Waals surface area (Å²) in [4.78, 5) is 15.1. The van der Waals surface area contributed by atoms with Gasteiger partial charge in [0.15, 0.2) is 11.7 Å². The Bertz CT molecular complexity index is 973. The van der Waals surface area contributed by atoms with Gasteiger partial charge in [0.1, 0.15) is 0 Å². The Labute approximate surface area is 159 Å². The predicted molar refractivity (Wildman–Crippen MR) is 107 cm³/mol. The van der Waals surface area contributed by atoms with Gasteiger partial charge in [0, 0.05) is 17.5 Å². The van der Waals surface area contributed by atoms with Crippen molar-refractivity contribution in [3.05, 3.63) is 41.5 Å². The van der Waals surface area contributed by atoms with Gasteiger partial charge in [-0.1, -0.05) is 24.3 Å². The number of hydrogen-bond donors (Lipinski definition) is 2. The van der Waals surface area contributed by atoms with Crippen LogP contribution in [0.5, 0.6) is 0 Å². The second kappa shape index (κ2) is 5.12. The van der Waals surface area contributed by atoms with Crippen LogP contribution in [-0.2, 0) is 6.42 Å². The molecule has 2 aromatic carbocycles. The van der Waals surface area contributed by atoms with Crippen LogP contribution in [0.3, 0.4) is 0 Å². The Morgan fingerprint density at radius 2 is 1.70 bits per heavy atom. The SMILES string of the molecule is N=C(N)N(c1ccc2cccc3c2c1C(=O)C3)C12CC3CC(CC(C3)C1)C2. The fourth-order valence-electron chi connectivity index (χ4n) is 7.30. The first kappa shape index (κ1) is 15.7. The summed E-state index contributed by atoms with van der Waals surface area (Å²) in [5.74, 6) is 2.56. The van der Waals surface area contributed by atoms with Crippen molar-refractivity contribution in [3.63, 3.8) is 0 Å². The summed E-state index contributed by atoms with van der Waals surface area (Å²) in [6, 6.07) is 10.3. The lowest BCUT2D eigenvalue weighted by Crippen LogP contribution is -2.63. The maximum atomic E-state index is 13.0. The van der Waals surface area contributed by atoms with E-state index < -0.39 is 0 Å².